The highest BCUT2D eigenvalue weighted by Crippen LogP contribution is 2.23. The molecule has 11 heteroatoms. The smallest absolute Gasteiger partial charge is 0.282 e. The molecular formula is C16H32N4O5S2. The van der Waals surface area contributed by atoms with E-state index in [1.807, 2.05) is 13.8 Å². The van der Waals surface area contributed by atoms with Crippen LogP contribution in [0.4, 0.5) is 0 Å². The predicted molar refractivity (Wildman–Crippen MR) is 103 cm³/mol. The van der Waals surface area contributed by atoms with Crippen LogP contribution in [0.25, 0.3) is 0 Å². The molecular weight excluding hydrogens is 392 g/mol. The highest BCUT2D eigenvalue weighted by Gasteiger charge is 2.40. The van der Waals surface area contributed by atoms with E-state index in [1.54, 1.807) is 4.31 Å². The number of piperazine rings is 1. The molecule has 0 saturated carbocycles. The number of ether oxygens (including phenoxy) is 1. The maximum absolute atomic E-state index is 13.0. The lowest BCUT2D eigenvalue weighted by Crippen LogP contribution is -2.59. The van der Waals surface area contributed by atoms with E-state index in [4.69, 9.17) is 4.74 Å². The third-order valence-corrected chi connectivity index (χ3v) is 9.48. The molecule has 0 N–H and O–H groups in total. The highest BCUT2D eigenvalue weighted by molar-refractivity contribution is 7.87. The molecule has 3 aliphatic rings. The van der Waals surface area contributed by atoms with E-state index in [0.717, 1.165) is 12.8 Å². The Hall–Kier alpha value is -0.300. The monoisotopic (exact) mass is 424 g/mol. The van der Waals surface area contributed by atoms with Gasteiger partial charge in [0.25, 0.3) is 20.4 Å². The minimum Gasteiger partial charge on any atom is -0.373 e. The van der Waals surface area contributed by atoms with Crippen LogP contribution in [-0.4, -0.2) is 98.6 Å². The molecule has 0 aromatic heterocycles. The molecule has 0 amide bonds. The molecule has 3 saturated heterocycles. The van der Waals surface area contributed by atoms with E-state index >= 15 is 0 Å². The number of hydrogen-bond donors (Lipinski definition) is 0. The summed E-state index contributed by atoms with van der Waals surface area (Å²) < 4.78 is 63.1. The van der Waals surface area contributed by atoms with Crippen LogP contribution < -0.4 is 0 Å². The van der Waals surface area contributed by atoms with Crippen LogP contribution >= 0.6 is 0 Å². The van der Waals surface area contributed by atoms with E-state index in [2.05, 4.69) is 6.92 Å². The van der Waals surface area contributed by atoms with E-state index in [1.165, 1.54) is 12.9 Å². The lowest BCUT2D eigenvalue weighted by Gasteiger charge is -2.41. The predicted octanol–water partition coefficient (Wildman–Crippen LogP) is -0.0653. The standard InChI is InChI=1S/C16H32N4O5S2/c1-14-5-4-6-19(11-14)26(21,22)17-7-9-18(10-8-17)27(23,24)20-12-15(2)25-16(3)13-20/h14-16H,4-13H2,1-3H3. The summed E-state index contributed by atoms with van der Waals surface area (Å²) in [4.78, 5) is 0. The van der Waals surface area contributed by atoms with Gasteiger partial charge in [0.05, 0.1) is 12.2 Å². The minimum absolute atomic E-state index is 0.147. The second kappa shape index (κ2) is 8.21. The molecule has 9 nitrogen and oxygen atoms in total. The van der Waals surface area contributed by atoms with Crippen LogP contribution in [0.2, 0.25) is 0 Å². The number of nitrogens with zero attached hydrogens (tertiary/aromatic N) is 4. The van der Waals surface area contributed by atoms with Gasteiger partial charge in [-0.25, -0.2) is 0 Å². The number of rotatable bonds is 4. The molecule has 27 heavy (non-hydrogen) atoms. The third kappa shape index (κ3) is 4.65. The second-order valence-corrected chi connectivity index (χ2v) is 11.9. The van der Waals surface area contributed by atoms with Gasteiger partial charge in [-0.05, 0) is 32.6 Å². The zero-order valence-corrected chi connectivity index (χ0v) is 18.1. The van der Waals surface area contributed by atoms with Crippen LogP contribution in [0, 0.1) is 5.92 Å². The van der Waals surface area contributed by atoms with Crippen LogP contribution in [0.3, 0.4) is 0 Å². The normalized spacial score (nSPS) is 34.0. The summed E-state index contributed by atoms with van der Waals surface area (Å²) in [7, 11) is -7.12. The van der Waals surface area contributed by atoms with Gasteiger partial charge >= 0.3 is 0 Å². The molecule has 158 valence electrons. The van der Waals surface area contributed by atoms with Crippen molar-refractivity contribution in [1.29, 1.82) is 0 Å². The number of piperidine rings is 1. The summed E-state index contributed by atoms with van der Waals surface area (Å²) >= 11 is 0. The Morgan fingerprint density at radius 1 is 0.667 bits per heavy atom. The molecule has 0 aromatic carbocycles. The van der Waals surface area contributed by atoms with Crippen molar-refractivity contribution in [3.63, 3.8) is 0 Å². The molecule has 3 unspecified atom stereocenters. The number of morpholine rings is 1. The number of hydrogen-bond acceptors (Lipinski definition) is 5. The molecule has 0 spiro atoms. The fourth-order valence-corrected chi connectivity index (χ4v) is 7.63. The topological polar surface area (TPSA) is 90.5 Å². The van der Waals surface area contributed by atoms with Crippen molar-refractivity contribution in [3.05, 3.63) is 0 Å². The lowest BCUT2D eigenvalue weighted by atomic mass is 10.0. The molecule has 3 atom stereocenters. The van der Waals surface area contributed by atoms with Gasteiger partial charge in [0.15, 0.2) is 0 Å². The third-order valence-electron chi connectivity index (χ3n) is 5.51. The fourth-order valence-electron chi connectivity index (χ4n) is 4.13. The SMILES string of the molecule is CC1CCCN(S(=O)(=O)N2CCN(S(=O)(=O)N3CC(C)OC(C)C3)CC2)C1. The van der Waals surface area contributed by atoms with Gasteiger partial charge in [-0.3, -0.25) is 0 Å². The first kappa shape index (κ1) is 21.4. The van der Waals surface area contributed by atoms with Gasteiger partial charge in [0.1, 0.15) is 0 Å². The van der Waals surface area contributed by atoms with Gasteiger partial charge in [-0.2, -0.15) is 34.1 Å². The van der Waals surface area contributed by atoms with Gasteiger partial charge in [0, 0.05) is 52.4 Å². The quantitative estimate of drug-likeness (QED) is 0.630. The van der Waals surface area contributed by atoms with Crippen molar-refractivity contribution in [1.82, 2.24) is 17.2 Å². The van der Waals surface area contributed by atoms with Crippen molar-refractivity contribution >= 4 is 20.4 Å². The first-order valence-corrected chi connectivity index (χ1v) is 12.6. The molecule has 0 aromatic rings. The average Bonchev–Trinajstić information content (AvgIpc) is 2.61. The van der Waals surface area contributed by atoms with Gasteiger partial charge in [-0.15, -0.1) is 0 Å². The Morgan fingerprint density at radius 3 is 1.63 bits per heavy atom. The highest BCUT2D eigenvalue weighted by atomic mass is 32.2. The average molecular weight is 425 g/mol. The molecule has 3 fully saturated rings. The van der Waals surface area contributed by atoms with Crippen LogP contribution in [0.5, 0.6) is 0 Å². The largest absolute Gasteiger partial charge is 0.373 e. The zero-order chi connectivity index (χ0) is 19.8. The molecule has 0 bridgehead atoms. The molecule has 0 radical (unpaired) electrons. The van der Waals surface area contributed by atoms with Crippen molar-refractivity contribution in [2.45, 2.75) is 45.8 Å². The van der Waals surface area contributed by atoms with Gasteiger partial charge in [0.2, 0.25) is 0 Å². The van der Waals surface area contributed by atoms with E-state index < -0.39 is 20.4 Å². The van der Waals surface area contributed by atoms with Crippen LogP contribution in [-0.2, 0) is 25.2 Å². The van der Waals surface area contributed by atoms with Crippen LogP contribution in [0.15, 0.2) is 0 Å². The molecule has 0 aliphatic carbocycles. The second-order valence-electron chi connectivity index (χ2n) is 7.99. The fraction of sp³-hybridized carbons (Fsp3) is 1.00. The Balaban J connectivity index is 1.62. The lowest BCUT2D eigenvalue weighted by molar-refractivity contribution is -0.0456. The molecule has 3 heterocycles. The Kier molecular flexibility index (Phi) is 6.51. The maximum Gasteiger partial charge on any atom is 0.282 e. The first-order valence-electron chi connectivity index (χ1n) is 9.76. The molecule has 3 aliphatic heterocycles. The zero-order valence-electron chi connectivity index (χ0n) is 16.4. The van der Waals surface area contributed by atoms with E-state index in [-0.39, 0.29) is 38.4 Å². The van der Waals surface area contributed by atoms with E-state index in [0.29, 0.717) is 32.1 Å². The Morgan fingerprint density at radius 2 is 1.15 bits per heavy atom. The summed E-state index contributed by atoms with van der Waals surface area (Å²) in [6.07, 6.45) is 1.63. The van der Waals surface area contributed by atoms with Crippen LogP contribution in [0.1, 0.15) is 33.6 Å². The summed E-state index contributed by atoms with van der Waals surface area (Å²) in [6, 6.07) is 0. The Bertz CT molecular complexity index is 711. The molecule has 3 rings (SSSR count). The summed E-state index contributed by atoms with van der Waals surface area (Å²) in [5.41, 5.74) is 0. The van der Waals surface area contributed by atoms with Gasteiger partial charge < -0.3 is 4.74 Å². The minimum atomic E-state index is -3.60. The van der Waals surface area contributed by atoms with Crippen molar-refractivity contribution < 1.29 is 21.6 Å². The van der Waals surface area contributed by atoms with E-state index in [9.17, 15) is 16.8 Å². The van der Waals surface area contributed by atoms with Crippen molar-refractivity contribution in [2.75, 3.05) is 52.4 Å². The summed E-state index contributed by atoms with van der Waals surface area (Å²) in [6.45, 7) is 8.31. The maximum atomic E-state index is 13.0. The Labute approximate surface area is 163 Å². The van der Waals surface area contributed by atoms with Crippen molar-refractivity contribution in [2.24, 2.45) is 5.92 Å². The van der Waals surface area contributed by atoms with Gasteiger partial charge in [-0.1, -0.05) is 6.92 Å². The van der Waals surface area contributed by atoms with Crippen molar-refractivity contribution in [3.8, 4) is 0 Å². The summed E-state index contributed by atoms with van der Waals surface area (Å²) in [5.74, 6) is 0.362. The summed E-state index contributed by atoms with van der Waals surface area (Å²) in [5, 5.41) is 0. The first-order chi connectivity index (χ1) is 12.6.